The van der Waals surface area contributed by atoms with E-state index in [0.717, 1.165) is 44.4 Å². The molecule has 29 heavy (non-hydrogen) atoms. The van der Waals surface area contributed by atoms with Gasteiger partial charge < -0.3 is 14.8 Å². The molecule has 0 radical (unpaired) electrons. The predicted molar refractivity (Wildman–Crippen MR) is 117 cm³/mol. The third-order valence-corrected chi connectivity index (χ3v) is 9.18. The molecule has 4 rings (SSSR count). The second kappa shape index (κ2) is 7.43. The van der Waals surface area contributed by atoms with Gasteiger partial charge in [0.25, 0.3) is 0 Å². The number of oxime groups is 1. The molecule has 0 aromatic heterocycles. The van der Waals surface area contributed by atoms with Crippen LogP contribution in [-0.4, -0.2) is 48.6 Å². The van der Waals surface area contributed by atoms with Crippen LogP contribution in [0.4, 0.5) is 0 Å². The summed E-state index contributed by atoms with van der Waals surface area (Å²) < 4.78 is 0. The van der Waals surface area contributed by atoms with Crippen LogP contribution in [0.2, 0.25) is 0 Å². The van der Waals surface area contributed by atoms with Crippen LogP contribution in [0.1, 0.15) is 65.2 Å². The molecule has 4 aliphatic rings. The van der Waals surface area contributed by atoms with E-state index >= 15 is 0 Å². The van der Waals surface area contributed by atoms with E-state index in [2.05, 4.69) is 35.9 Å². The fourth-order valence-corrected chi connectivity index (χ4v) is 7.25. The van der Waals surface area contributed by atoms with Crippen molar-refractivity contribution in [1.29, 1.82) is 0 Å². The standard InChI is InChI=1S/C25H38N2O2/c1-6-25(28)14-11-22-20-8-7-18-17-19(26-29-16-15-27(4)5)9-12-23(18,2)21(20)10-13-24(22,25)3/h1,17,20-22,28H,7-16H2,2-5H3/b26-19+/t20-,21+,22+,23+,24+,25-/m1/s1. The van der Waals surface area contributed by atoms with Crippen LogP contribution in [0.25, 0.3) is 0 Å². The number of terminal acetylenes is 1. The van der Waals surface area contributed by atoms with Gasteiger partial charge >= 0.3 is 0 Å². The summed E-state index contributed by atoms with van der Waals surface area (Å²) in [5.41, 5.74) is 1.94. The molecule has 3 saturated carbocycles. The first-order valence-electron chi connectivity index (χ1n) is 11.5. The Balaban J connectivity index is 1.51. The number of hydrogen-bond acceptors (Lipinski definition) is 4. The van der Waals surface area contributed by atoms with Gasteiger partial charge in [0, 0.05) is 12.0 Å². The second-order valence-corrected chi connectivity index (χ2v) is 10.7. The van der Waals surface area contributed by atoms with Gasteiger partial charge in [0.05, 0.1) is 5.71 Å². The first kappa shape index (κ1) is 20.9. The SMILES string of the molecule is C#C[C@@]1(O)CC[C@H]2[C@@H]3CCC4=C/C(=N/OCCN(C)C)CC[C@]4(C)[C@H]3CC[C@@]21C. The molecule has 0 unspecified atom stereocenters. The molecule has 3 fully saturated rings. The van der Waals surface area contributed by atoms with E-state index in [9.17, 15) is 5.11 Å². The Bertz CT molecular complexity index is 750. The second-order valence-electron chi connectivity index (χ2n) is 10.7. The molecule has 4 nitrogen and oxygen atoms in total. The molecule has 0 aliphatic heterocycles. The van der Waals surface area contributed by atoms with Crippen molar-refractivity contribution in [3.63, 3.8) is 0 Å². The molecular weight excluding hydrogens is 360 g/mol. The third-order valence-electron chi connectivity index (χ3n) is 9.18. The van der Waals surface area contributed by atoms with Gasteiger partial charge in [0.1, 0.15) is 12.2 Å². The molecule has 0 heterocycles. The van der Waals surface area contributed by atoms with Crippen LogP contribution in [-0.2, 0) is 4.84 Å². The summed E-state index contributed by atoms with van der Waals surface area (Å²) in [7, 11) is 4.10. The summed E-state index contributed by atoms with van der Waals surface area (Å²) in [6.45, 7) is 6.29. The van der Waals surface area contributed by atoms with Crippen molar-refractivity contribution in [2.45, 2.75) is 70.8 Å². The first-order chi connectivity index (χ1) is 13.7. The van der Waals surface area contributed by atoms with Crippen LogP contribution < -0.4 is 0 Å². The van der Waals surface area contributed by atoms with Crippen molar-refractivity contribution in [2.24, 2.45) is 33.7 Å². The average Bonchev–Trinajstić information content (AvgIpc) is 2.97. The van der Waals surface area contributed by atoms with E-state index < -0.39 is 5.60 Å². The molecule has 0 bridgehead atoms. The highest BCUT2D eigenvalue weighted by atomic mass is 16.6. The van der Waals surface area contributed by atoms with Gasteiger partial charge in [-0.2, -0.15) is 0 Å². The molecule has 0 aromatic rings. The number of rotatable bonds is 4. The van der Waals surface area contributed by atoms with Crippen LogP contribution in [0, 0.1) is 40.9 Å². The van der Waals surface area contributed by atoms with Crippen LogP contribution in [0.15, 0.2) is 16.8 Å². The van der Waals surface area contributed by atoms with Gasteiger partial charge in [0.2, 0.25) is 0 Å². The summed E-state index contributed by atoms with van der Waals surface area (Å²) in [4.78, 5) is 7.67. The quantitative estimate of drug-likeness (QED) is 0.437. The van der Waals surface area contributed by atoms with E-state index in [-0.39, 0.29) is 10.8 Å². The van der Waals surface area contributed by atoms with Crippen molar-refractivity contribution >= 4 is 5.71 Å². The minimum Gasteiger partial charge on any atom is -0.394 e. The van der Waals surface area contributed by atoms with Crippen molar-refractivity contribution in [3.05, 3.63) is 11.6 Å². The van der Waals surface area contributed by atoms with E-state index in [0.29, 0.717) is 24.4 Å². The molecule has 6 atom stereocenters. The Hall–Kier alpha value is -1.31. The van der Waals surface area contributed by atoms with Gasteiger partial charge in [-0.15, -0.1) is 6.42 Å². The summed E-state index contributed by atoms with van der Waals surface area (Å²) in [6, 6.07) is 0. The number of fused-ring (bicyclic) bond motifs is 5. The molecule has 0 spiro atoms. The zero-order valence-corrected chi connectivity index (χ0v) is 18.7. The first-order valence-corrected chi connectivity index (χ1v) is 11.5. The lowest BCUT2D eigenvalue weighted by Crippen LogP contribution is -2.54. The fourth-order valence-electron chi connectivity index (χ4n) is 7.25. The van der Waals surface area contributed by atoms with Gasteiger partial charge in [-0.25, -0.2) is 0 Å². The smallest absolute Gasteiger partial charge is 0.130 e. The zero-order valence-electron chi connectivity index (χ0n) is 18.7. The molecule has 0 aromatic carbocycles. The molecule has 4 heteroatoms. The molecule has 0 saturated heterocycles. The molecule has 160 valence electrons. The minimum atomic E-state index is -0.907. The lowest BCUT2D eigenvalue weighted by atomic mass is 9.46. The van der Waals surface area contributed by atoms with E-state index in [1.54, 1.807) is 5.57 Å². The number of allylic oxidation sites excluding steroid dienone is 2. The van der Waals surface area contributed by atoms with Gasteiger partial charge in [0.15, 0.2) is 0 Å². The van der Waals surface area contributed by atoms with Crippen molar-refractivity contribution < 1.29 is 9.94 Å². The van der Waals surface area contributed by atoms with Crippen LogP contribution in [0.3, 0.4) is 0 Å². The number of nitrogens with zero attached hydrogens (tertiary/aromatic N) is 2. The van der Waals surface area contributed by atoms with Gasteiger partial charge in [-0.1, -0.05) is 30.5 Å². The Labute approximate surface area is 176 Å². The lowest BCUT2D eigenvalue weighted by molar-refractivity contribution is -0.0987. The number of hydrogen-bond donors (Lipinski definition) is 1. The largest absolute Gasteiger partial charge is 0.394 e. The minimum absolute atomic E-state index is 0.109. The van der Waals surface area contributed by atoms with Crippen LogP contribution >= 0.6 is 0 Å². The normalized spacial score (nSPS) is 45.2. The molecule has 4 aliphatic carbocycles. The predicted octanol–water partition coefficient (Wildman–Crippen LogP) is 4.25. The molecule has 0 amide bonds. The molecule has 1 N–H and O–H groups in total. The Kier molecular flexibility index (Phi) is 5.37. The Morgan fingerprint density at radius 1 is 1.17 bits per heavy atom. The third kappa shape index (κ3) is 3.26. The fraction of sp³-hybridized carbons (Fsp3) is 0.800. The average molecular weight is 399 g/mol. The summed E-state index contributed by atoms with van der Waals surface area (Å²) in [5, 5.41) is 15.6. The van der Waals surface area contributed by atoms with Crippen LogP contribution in [0.5, 0.6) is 0 Å². The van der Waals surface area contributed by atoms with E-state index in [1.807, 2.05) is 14.1 Å². The monoisotopic (exact) mass is 398 g/mol. The van der Waals surface area contributed by atoms with Gasteiger partial charge in [-0.3, -0.25) is 0 Å². The van der Waals surface area contributed by atoms with Gasteiger partial charge in [-0.05, 0) is 94.7 Å². The van der Waals surface area contributed by atoms with E-state index in [4.69, 9.17) is 11.3 Å². The zero-order chi connectivity index (χ0) is 20.9. The molecular formula is C25H38N2O2. The van der Waals surface area contributed by atoms with Crippen molar-refractivity contribution in [3.8, 4) is 12.3 Å². The summed E-state index contributed by atoms with van der Waals surface area (Å²) in [5.74, 6) is 4.74. The van der Waals surface area contributed by atoms with Crippen molar-refractivity contribution in [1.82, 2.24) is 4.90 Å². The van der Waals surface area contributed by atoms with Crippen molar-refractivity contribution in [2.75, 3.05) is 27.2 Å². The summed E-state index contributed by atoms with van der Waals surface area (Å²) in [6.07, 6.45) is 16.8. The Morgan fingerprint density at radius 2 is 1.93 bits per heavy atom. The highest BCUT2D eigenvalue weighted by Gasteiger charge is 2.63. The summed E-state index contributed by atoms with van der Waals surface area (Å²) >= 11 is 0. The highest BCUT2D eigenvalue weighted by molar-refractivity contribution is 5.96. The number of aliphatic hydroxyl groups is 1. The maximum atomic E-state index is 11.1. The number of likely N-dealkylation sites (N-methyl/N-ethyl adjacent to an activating group) is 1. The topological polar surface area (TPSA) is 45.1 Å². The van der Waals surface area contributed by atoms with E-state index in [1.165, 1.54) is 19.3 Å². The Morgan fingerprint density at radius 3 is 2.66 bits per heavy atom. The maximum Gasteiger partial charge on any atom is 0.130 e. The highest BCUT2D eigenvalue weighted by Crippen LogP contribution is 2.67. The lowest BCUT2D eigenvalue weighted by Gasteiger charge is -2.58. The maximum absolute atomic E-state index is 11.1.